The Morgan fingerprint density at radius 1 is 1.27 bits per heavy atom. The average molecular weight is 153 g/mol. The molecule has 2 nitrogen and oxygen atoms in total. The van der Waals surface area contributed by atoms with Crippen LogP contribution in [0.25, 0.3) is 0 Å². The summed E-state index contributed by atoms with van der Waals surface area (Å²) in [5, 5.41) is 0. The van der Waals surface area contributed by atoms with Crippen LogP contribution in [0.4, 0.5) is 0 Å². The van der Waals surface area contributed by atoms with Gasteiger partial charge in [0.2, 0.25) is 6.08 Å². The minimum atomic E-state index is 0.237. The Hall–Kier alpha value is -0.620. The van der Waals surface area contributed by atoms with Gasteiger partial charge in [-0.15, -0.1) is 0 Å². The maximum atomic E-state index is 10.1. The van der Waals surface area contributed by atoms with Crippen LogP contribution in [0.3, 0.4) is 0 Å². The van der Waals surface area contributed by atoms with Crippen molar-refractivity contribution in [2.24, 2.45) is 16.8 Å². The topological polar surface area (TPSA) is 29.4 Å². The van der Waals surface area contributed by atoms with Gasteiger partial charge < -0.3 is 0 Å². The maximum absolute atomic E-state index is 10.1. The Balaban J connectivity index is 2.62. The van der Waals surface area contributed by atoms with Crippen molar-refractivity contribution in [2.45, 2.75) is 39.2 Å². The Kier molecular flexibility index (Phi) is 2.84. The lowest BCUT2D eigenvalue weighted by molar-refractivity contribution is 0.252. The zero-order valence-electron chi connectivity index (χ0n) is 7.21. The molecule has 0 heterocycles. The number of nitrogens with zero attached hydrogens (tertiary/aromatic N) is 1. The summed E-state index contributed by atoms with van der Waals surface area (Å²) < 4.78 is 0. The van der Waals surface area contributed by atoms with Gasteiger partial charge >= 0.3 is 0 Å². The molecule has 0 aromatic rings. The van der Waals surface area contributed by atoms with E-state index in [4.69, 9.17) is 0 Å². The van der Waals surface area contributed by atoms with Crippen LogP contribution in [0.2, 0.25) is 0 Å². The standard InChI is InChI=1S/C9H15NO/c1-7-4-3-5-8(2)9(7)10-6-11/h7-9H,3-5H2,1-2H3/t7-,8+,9-. The van der Waals surface area contributed by atoms with Gasteiger partial charge in [0.05, 0.1) is 6.04 Å². The first-order valence-corrected chi connectivity index (χ1v) is 4.32. The molecular weight excluding hydrogens is 138 g/mol. The normalized spacial score (nSPS) is 37.8. The highest BCUT2D eigenvalue weighted by atomic mass is 16.1. The lowest BCUT2D eigenvalue weighted by atomic mass is 9.79. The number of isocyanates is 1. The second kappa shape index (κ2) is 3.68. The Bertz CT molecular complexity index is 162. The molecule has 0 aliphatic heterocycles. The Morgan fingerprint density at radius 3 is 2.27 bits per heavy atom. The van der Waals surface area contributed by atoms with Gasteiger partial charge in [-0.25, -0.2) is 9.79 Å². The van der Waals surface area contributed by atoms with Gasteiger partial charge in [-0.3, -0.25) is 0 Å². The zero-order chi connectivity index (χ0) is 8.27. The molecule has 0 unspecified atom stereocenters. The van der Waals surface area contributed by atoms with Crippen LogP contribution in [-0.2, 0) is 4.79 Å². The van der Waals surface area contributed by atoms with E-state index in [9.17, 15) is 4.79 Å². The van der Waals surface area contributed by atoms with Crippen LogP contribution < -0.4 is 0 Å². The summed E-state index contributed by atoms with van der Waals surface area (Å²) in [5.74, 6) is 1.14. The van der Waals surface area contributed by atoms with Crippen LogP contribution in [0.15, 0.2) is 4.99 Å². The third-order valence-corrected chi connectivity index (χ3v) is 2.69. The summed E-state index contributed by atoms with van der Waals surface area (Å²) in [7, 11) is 0. The summed E-state index contributed by atoms with van der Waals surface area (Å²) in [6.07, 6.45) is 5.38. The van der Waals surface area contributed by atoms with E-state index in [-0.39, 0.29) is 6.04 Å². The van der Waals surface area contributed by atoms with Crippen molar-refractivity contribution in [1.82, 2.24) is 0 Å². The van der Waals surface area contributed by atoms with E-state index in [0.717, 1.165) is 0 Å². The van der Waals surface area contributed by atoms with E-state index < -0.39 is 0 Å². The molecule has 0 bridgehead atoms. The van der Waals surface area contributed by atoms with Gasteiger partial charge in [-0.2, -0.15) is 0 Å². The van der Waals surface area contributed by atoms with E-state index in [0.29, 0.717) is 11.8 Å². The average Bonchev–Trinajstić information content (AvgIpc) is 1.97. The molecule has 3 atom stereocenters. The third kappa shape index (κ3) is 1.90. The van der Waals surface area contributed by atoms with Crippen molar-refractivity contribution in [3.8, 4) is 0 Å². The molecule has 1 rings (SSSR count). The number of hydrogen-bond acceptors (Lipinski definition) is 2. The number of hydrogen-bond donors (Lipinski definition) is 0. The Labute approximate surface area is 67.7 Å². The Morgan fingerprint density at radius 2 is 1.82 bits per heavy atom. The second-order valence-corrected chi connectivity index (χ2v) is 3.60. The molecule has 0 spiro atoms. The molecule has 1 saturated carbocycles. The van der Waals surface area contributed by atoms with Crippen molar-refractivity contribution < 1.29 is 4.79 Å². The largest absolute Gasteiger partial charge is 0.235 e. The minimum absolute atomic E-state index is 0.237. The van der Waals surface area contributed by atoms with Crippen LogP contribution in [0.1, 0.15) is 33.1 Å². The van der Waals surface area contributed by atoms with Gasteiger partial charge in [-0.1, -0.05) is 20.3 Å². The van der Waals surface area contributed by atoms with Crippen LogP contribution in [0, 0.1) is 11.8 Å². The number of aliphatic imine (C=N–C) groups is 1. The fourth-order valence-corrected chi connectivity index (χ4v) is 1.98. The van der Waals surface area contributed by atoms with Crippen molar-refractivity contribution in [3.63, 3.8) is 0 Å². The predicted molar refractivity (Wildman–Crippen MR) is 44.1 cm³/mol. The third-order valence-electron chi connectivity index (χ3n) is 2.69. The lowest BCUT2D eigenvalue weighted by Crippen LogP contribution is -2.28. The van der Waals surface area contributed by atoms with Gasteiger partial charge in [0.15, 0.2) is 0 Å². The van der Waals surface area contributed by atoms with Crippen LogP contribution >= 0.6 is 0 Å². The summed E-state index contributed by atoms with van der Waals surface area (Å²) in [6.45, 7) is 4.34. The highest BCUT2D eigenvalue weighted by Crippen LogP contribution is 2.30. The van der Waals surface area contributed by atoms with Gasteiger partial charge in [-0.05, 0) is 24.7 Å². The first-order valence-electron chi connectivity index (χ1n) is 4.32. The predicted octanol–water partition coefficient (Wildman–Crippen LogP) is 2.15. The molecular formula is C9H15NO. The van der Waals surface area contributed by atoms with Gasteiger partial charge in [0.25, 0.3) is 0 Å². The van der Waals surface area contributed by atoms with Crippen LogP contribution in [0.5, 0.6) is 0 Å². The molecule has 0 aromatic carbocycles. The highest BCUT2D eigenvalue weighted by molar-refractivity contribution is 5.33. The van der Waals surface area contributed by atoms with Crippen molar-refractivity contribution >= 4 is 6.08 Å². The molecule has 1 aliphatic carbocycles. The molecule has 0 saturated heterocycles. The van der Waals surface area contributed by atoms with E-state index >= 15 is 0 Å². The molecule has 62 valence electrons. The minimum Gasteiger partial charge on any atom is -0.211 e. The first kappa shape index (κ1) is 8.48. The van der Waals surface area contributed by atoms with Crippen molar-refractivity contribution in [1.29, 1.82) is 0 Å². The maximum Gasteiger partial charge on any atom is 0.235 e. The monoisotopic (exact) mass is 153 g/mol. The van der Waals surface area contributed by atoms with E-state index in [2.05, 4.69) is 18.8 Å². The van der Waals surface area contributed by atoms with Crippen LogP contribution in [-0.4, -0.2) is 12.1 Å². The molecule has 0 aromatic heterocycles. The highest BCUT2D eigenvalue weighted by Gasteiger charge is 2.26. The molecule has 0 N–H and O–H groups in total. The summed E-state index contributed by atoms with van der Waals surface area (Å²) >= 11 is 0. The van der Waals surface area contributed by atoms with E-state index in [1.165, 1.54) is 19.3 Å². The molecule has 0 amide bonds. The smallest absolute Gasteiger partial charge is 0.211 e. The molecule has 11 heavy (non-hydrogen) atoms. The van der Waals surface area contributed by atoms with Gasteiger partial charge in [0, 0.05) is 0 Å². The summed E-state index contributed by atoms with van der Waals surface area (Å²) in [6, 6.07) is 0.237. The molecule has 2 heteroatoms. The lowest BCUT2D eigenvalue weighted by Gasteiger charge is -2.30. The van der Waals surface area contributed by atoms with E-state index in [1.54, 1.807) is 6.08 Å². The van der Waals surface area contributed by atoms with Gasteiger partial charge in [0.1, 0.15) is 0 Å². The summed E-state index contributed by atoms with van der Waals surface area (Å²) in [5.41, 5.74) is 0. The number of rotatable bonds is 1. The van der Waals surface area contributed by atoms with Crippen molar-refractivity contribution in [3.05, 3.63) is 0 Å². The fourth-order valence-electron chi connectivity index (χ4n) is 1.98. The quantitative estimate of drug-likeness (QED) is 0.419. The fraction of sp³-hybridized carbons (Fsp3) is 0.889. The molecule has 0 radical (unpaired) electrons. The SMILES string of the molecule is C[C@@H]1CCC[C@H](C)[C@@H]1N=C=O. The van der Waals surface area contributed by atoms with E-state index in [1.807, 2.05) is 0 Å². The van der Waals surface area contributed by atoms with Crippen molar-refractivity contribution in [2.75, 3.05) is 0 Å². The molecule has 1 fully saturated rings. The summed E-state index contributed by atoms with van der Waals surface area (Å²) in [4.78, 5) is 13.9. The first-order chi connectivity index (χ1) is 5.25. The number of carbonyl (C=O) groups excluding carboxylic acids is 1. The molecule has 1 aliphatic rings. The second-order valence-electron chi connectivity index (χ2n) is 3.60. The zero-order valence-corrected chi connectivity index (χ0v) is 7.21.